The number of nitrogens with zero attached hydrogens (tertiary/aromatic N) is 2. The minimum atomic E-state index is -0.885. The summed E-state index contributed by atoms with van der Waals surface area (Å²) in [5.41, 5.74) is 2.00. The number of rotatable bonds is 7. The maximum atomic E-state index is 11.2. The molecule has 1 saturated heterocycles. The lowest BCUT2D eigenvalue weighted by Gasteiger charge is -2.39. The molecule has 2 N–H and O–H groups in total. The summed E-state index contributed by atoms with van der Waals surface area (Å²) in [6, 6.07) is 15.7. The Hall–Kier alpha value is -2.67. The second kappa shape index (κ2) is 9.22. The number of para-hydroxylation sites is 1. The van der Waals surface area contributed by atoms with Crippen LogP contribution in [0.15, 0.2) is 54.7 Å². The molecule has 6 heteroatoms. The lowest BCUT2D eigenvalue weighted by Crippen LogP contribution is -2.46. The molecule has 1 fully saturated rings. The fourth-order valence-corrected chi connectivity index (χ4v) is 4.15. The zero-order valence-corrected chi connectivity index (χ0v) is 18.1. The van der Waals surface area contributed by atoms with Gasteiger partial charge in [-0.1, -0.05) is 24.3 Å². The van der Waals surface area contributed by atoms with E-state index in [1.165, 1.54) is 0 Å². The lowest BCUT2D eigenvalue weighted by atomic mass is 9.84. The summed E-state index contributed by atoms with van der Waals surface area (Å²) in [4.78, 5) is 6.67. The molecule has 0 amide bonds. The number of benzene rings is 2. The van der Waals surface area contributed by atoms with Crippen LogP contribution < -0.4 is 9.47 Å². The number of aryl methyl sites for hydroxylation is 1. The molecule has 1 aliphatic rings. The maximum Gasteiger partial charge on any atom is 0.161 e. The Labute approximate surface area is 183 Å². The highest BCUT2D eigenvalue weighted by atomic mass is 16.5. The predicted molar refractivity (Wildman–Crippen MR) is 121 cm³/mol. The number of methoxy groups -OCH3 is 1. The van der Waals surface area contributed by atoms with Crippen molar-refractivity contribution in [2.24, 2.45) is 0 Å². The second-order valence-corrected chi connectivity index (χ2v) is 8.37. The molecule has 1 aromatic heterocycles. The number of pyridine rings is 1. The Morgan fingerprint density at radius 2 is 1.87 bits per heavy atom. The van der Waals surface area contributed by atoms with Crippen molar-refractivity contribution in [1.29, 1.82) is 0 Å². The van der Waals surface area contributed by atoms with Gasteiger partial charge in [-0.15, -0.1) is 0 Å². The van der Waals surface area contributed by atoms with Crippen LogP contribution in [0.25, 0.3) is 10.9 Å². The first-order chi connectivity index (χ1) is 15.0. The van der Waals surface area contributed by atoms with E-state index in [1.807, 2.05) is 55.5 Å². The van der Waals surface area contributed by atoms with Gasteiger partial charge in [-0.05, 0) is 49.6 Å². The van der Waals surface area contributed by atoms with Gasteiger partial charge in [0.2, 0.25) is 0 Å². The van der Waals surface area contributed by atoms with E-state index < -0.39 is 11.7 Å². The maximum absolute atomic E-state index is 11.2. The molecule has 4 rings (SSSR count). The van der Waals surface area contributed by atoms with Crippen LogP contribution in [-0.2, 0) is 5.60 Å². The number of aliphatic hydroxyl groups is 2. The van der Waals surface area contributed by atoms with Gasteiger partial charge in [-0.25, -0.2) is 0 Å². The van der Waals surface area contributed by atoms with Crippen LogP contribution in [0.5, 0.6) is 11.5 Å². The predicted octanol–water partition coefficient (Wildman–Crippen LogP) is 3.28. The fourth-order valence-electron chi connectivity index (χ4n) is 4.15. The van der Waals surface area contributed by atoms with E-state index in [0.717, 1.165) is 22.0 Å². The molecule has 2 heterocycles. The number of piperidine rings is 1. The van der Waals surface area contributed by atoms with Gasteiger partial charge in [0.25, 0.3) is 0 Å². The first kappa shape index (κ1) is 21.6. The fraction of sp³-hybridized carbons (Fsp3) is 0.400. The molecule has 0 unspecified atom stereocenters. The Kier molecular flexibility index (Phi) is 6.41. The third-order valence-corrected chi connectivity index (χ3v) is 6.03. The van der Waals surface area contributed by atoms with Gasteiger partial charge in [-0.2, -0.15) is 0 Å². The van der Waals surface area contributed by atoms with Crippen molar-refractivity contribution in [1.82, 2.24) is 9.88 Å². The van der Waals surface area contributed by atoms with Crippen LogP contribution in [-0.4, -0.2) is 59.6 Å². The normalized spacial score (nSPS) is 17.4. The number of ether oxygens (including phenoxy) is 2. The summed E-state index contributed by atoms with van der Waals surface area (Å²) in [7, 11) is 1.61. The average Bonchev–Trinajstić information content (AvgIpc) is 2.79. The lowest BCUT2D eigenvalue weighted by molar-refractivity contribution is -0.0374. The van der Waals surface area contributed by atoms with Gasteiger partial charge < -0.3 is 24.6 Å². The summed E-state index contributed by atoms with van der Waals surface area (Å²) in [5, 5.41) is 22.7. The van der Waals surface area contributed by atoms with Crippen molar-refractivity contribution >= 4 is 10.9 Å². The molecule has 0 radical (unpaired) electrons. The molecule has 0 saturated carbocycles. The smallest absolute Gasteiger partial charge is 0.161 e. The highest BCUT2D eigenvalue weighted by molar-refractivity contribution is 5.78. The van der Waals surface area contributed by atoms with Crippen LogP contribution in [0.4, 0.5) is 0 Å². The number of fused-ring (bicyclic) bond motifs is 1. The van der Waals surface area contributed by atoms with E-state index in [0.29, 0.717) is 44.0 Å². The summed E-state index contributed by atoms with van der Waals surface area (Å²) < 4.78 is 11.1. The molecule has 6 nitrogen and oxygen atoms in total. The molecule has 0 bridgehead atoms. The van der Waals surface area contributed by atoms with E-state index in [9.17, 15) is 10.2 Å². The van der Waals surface area contributed by atoms with E-state index in [2.05, 4.69) is 9.88 Å². The first-order valence-corrected chi connectivity index (χ1v) is 10.7. The number of likely N-dealkylation sites (tertiary alicyclic amines) is 1. The van der Waals surface area contributed by atoms with E-state index in [1.54, 1.807) is 13.3 Å². The summed E-state index contributed by atoms with van der Waals surface area (Å²) in [6.45, 7) is 4.09. The second-order valence-electron chi connectivity index (χ2n) is 8.37. The Balaban J connectivity index is 1.31. The van der Waals surface area contributed by atoms with Gasteiger partial charge in [0.1, 0.15) is 12.7 Å². The largest absolute Gasteiger partial charge is 0.493 e. The number of hydrogen-bond donors (Lipinski definition) is 2. The van der Waals surface area contributed by atoms with Crippen LogP contribution in [0, 0.1) is 6.92 Å². The molecule has 3 aromatic rings. The molecule has 1 atom stereocenters. The monoisotopic (exact) mass is 422 g/mol. The number of aromatic nitrogens is 1. The first-order valence-electron chi connectivity index (χ1n) is 10.7. The van der Waals surface area contributed by atoms with Gasteiger partial charge >= 0.3 is 0 Å². The van der Waals surface area contributed by atoms with Crippen molar-refractivity contribution in [3.05, 3.63) is 65.9 Å². The number of hydrogen-bond acceptors (Lipinski definition) is 6. The third kappa shape index (κ3) is 4.98. The van der Waals surface area contributed by atoms with Crippen LogP contribution in [0.1, 0.15) is 24.0 Å². The van der Waals surface area contributed by atoms with Crippen LogP contribution in [0.2, 0.25) is 0 Å². The molecule has 2 aromatic carbocycles. The zero-order valence-electron chi connectivity index (χ0n) is 18.1. The molecular weight excluding hydrogens is 392 g/mol. The minimum absolute atomic E-state index is 0.189. The topological polar surface area (TPSA) is 75.0 Å². The van der Waals surface area contributed by atoms with Crippen molar-refractivity contribution in [3.63, 3.8) is 0 Å². The summed E-state index contributed by atoms with van der Waals surface area (Å²) >= 11 is 0. The van der Waals surface area contributed by atoms with Crippen molar-refractivity contribution in [3.8, 4) is 11.5 Å². The molecule has 31 heavy (non-hydrogen) atoms. The summed E-state index contributed by atoms with van der Waals surface area (Å²) in [6.07, 6.45) is 2.37. The van der Waals surface area contributed by atoms with E-state index in [-0.39, 0.29) is 6.61 Å². The van der Waals surface area contributed by atoms with Gasteiger partial charge in [0.05, 0.1) is 18.2 Å². The van der Waals surface area contributed by atoms with Crippen molar-refractivity contribution in [2.45, 2.75) is 31.5 Å². The van der Waals surface area contributed by atoms with Gasteiger partial charge in [0.15, 0.2) is 11.5 Å². The zero-order chi connectivity index (χ0) is 21.8. The Morgan fingerprint density at radius 1 is 1.10 bits per heavy atom. The summed E-state index contributed by atoms with van der Waals surface area (Å²) in [5.74, 6) is 1.29. The van der Waals surface area contributed by atoms with Crippen LogP contribution in [0.3, 0.4) is 0 Å². The number of β-amino-alcohol motifs (C(OH)–C–C–N with tert-alkyl or cyclic N) is 1. The average molecular weight is 423 g/mol. The Morgan fingerprint density at radius 3 is 2.65 bits per heavy atom. The Bertz CT molecular complexity index is 1030. The van der Waals surface area contributed by atoms with Crippen molar-refractivity contribution in [2.75, 3.05) is 33.4 Å². The molecular formula is C25H30N2O4. The van der Waals surface area contributed by atoms with E-state index >= 15 is 0 Å². The van der Waals surface area contributed by atoms with Crippen molar-refractivity contribution < 1.29 is 19.7 Å². The minimum Gasteiger partial charge on any atom is -0.493 e. The highest BCUT2D eigenvalue weighted by Gasteiger charge is 2.35. The standard InChI is InChI=1S/C25H30N2O4/c1-18-7-8-23(24(13-18)30-2)31-17-21(28)16-27-11-9-25(29,10-12-27)20-14-19-5-3-4-6-22(19)26-15-20/h3-8,13-15,21,28-29H,9-12,16-17H2,1-2H3/t21-/m0/s1. The van der Waals surface area contributed by atoms with Gasteiger partial charge in [0, 0.05) is 36.8 Å². The quantitative estimate of drug-likeness (QED) is 0.609. The van der Waals surface area contributed by atoms with E-state index in [4.69, 9.17) is 9.47 Å². The molecule has 0 aliphatic carbocycles. The molecule has 0 spiro atoms. The molecule has 164 valence electrons. The highest BCUT2D eigenvalue weighted by Crippen LogP contribution is 2.34. The van der Waals surface area contributed by atoms with Crippen LogP contribution >= 0.6 is 0 Å². The number of aliphatic hydroxyl groups excluding tert-OH is 1. The molecule has 1 aliphatic heterocycles. The van der Waals surface area contributed by atoms with Gasteiger partial charge in [-0.3, -0.25) is 4.98 Å². The SMILES string of the molecule is COc1cc(C)ccc1OC[C@@H](O)CN1CCC(O)(c2cnc3ccccc3c2)CC1. The third-order valence-electron chi connectivity index (χ3n) is 6.03.